The van der Waals surface area contributed by atoms with Crippen LogP contribution in [0.25, 0.3) is 0 Å². The molecule has 0 aliphatic heterocycles. The van der Waals surface area contributed by atoms with Crippen molar-refractivity contribution >= 4 is 11.5 Å². The number of carbonyl (C=O) groups excluding carboxylic acids is 1. The second kappa shape index (κ2) is 9.78. The Morgan fingerprint density at radius 3 is 2.10 bits per heavy atom. The fraction of sp³-hybridized carbons (Fsp3) is 0.296. The molecule has 3 nitrogen and oxygen atoms in total. The largest absolute Gasteiger partial charge is 0.494 e. The van der Waals surface area contributed by atoms with Gasteiger partial charge < -0.3 is 10.1 Å². The van der Waals surface area contributed by atoms with Gasteiger partial charge in [-0.05, 0) is 59.9 Å². The number of ether oxygens (including phenoxy) is 1. The van der Waals surface area contributed by atoms with Gasteiger partial charge in [-0.15, -0.1) is 0 Å². The Morgan fingerprint density at radius 1 is 0.935 bits per heavy atom. The van der Waals surface area contributed by atoms with Crippen LogP contribution < -0.4 is 10.1 Å². The van der Waals surface area contributed by atoms with Gasteiger partial charge in [0.1, 0.15) is 11.6 Å². The van der Waals surface area contributed by atoms with Gasteiger partial charge in [-0.1, -0.05) is 57.2 Å². The summed E-state index contributed by atoms with van der Waals surface area (Å²) in [5.74, 6) is 0.544. The molecule has 1 atom stereocenters. The van der Waals surface area contributed by atoms with Gasteiger partial charge in [0, 0.05) is 17.7 Å². The molecule has 0 saturated heterocycles. The van der Waals surface area contributed by atoms with Crippen LogP contribution in [0.2, 0.25) is 0 Å². The first-order chi connectivity index (χ1) is 14.8. The number of carbonyl (C=O) groups is 1. The third-order valence-corrected chi connectivity index (χ3v) is 5.24. The molecule has 3 rings (SSSR count). The van der Waals surface area contributed by atoms with Crippen molar-refractivity contribution in [3.8, 4) is 5.75 Å². The molecule has 3 aromatic carbocycles. The zero-order chi connectivity index (χ0) is 22.4. The number of hydrogen-bond donors (Lipinski definition) is 1. The molecule has 0 bridgehead atoms. The molecule has 4 heteroatoms. The Bertz CT molecular complexity index is 987. The lowest BCUT2D eigenvalue weighted by Crippen LogP contribution is -2.16. The summed E-state index contributed by atoms with van der Waals surface area (Å²) >= 11 is 0. The fourth-order valence-electron chi connectivity index (χ4n) is 3.42. The zero-order valence-electron chi connectivity index (χ0n) is 18.6. The van der Waals surface area contributed by atoms with E-state index in [4.69, 9.17) is 4.74 Å². The third kappa shape index (κ3) is 6.17. The number of rotatable bonds is 8. The van der Waals surface area contributed by atoms with E-state index in [0.717, 1.165) is 17.0 Å². The highest BCUT2D eigenvalue weighted by molar-refractivity contribution is 5.96. The predicted octanol–water partition coefficient (Wildman–Crippen LogP) is 6.95. The summed E-state index contributed by atoms with van der Waals surface area (Å²) in [6.07, 6.45) is 0.278. The summed E-state index contributed by atoms with van der Waals surface area (Å²) in [4.78, 5) is 13.1. The maximum Gasteiger partial charge on any atom is 0.165 e. The molecule has 0 fully saturated rings. The normalized spacial score (nSPS) is 12.3. The van der Waals surface area contributed by atoms with Crippen LogP contribution in [0.3, 0.4) is 0 Å². The molecule has 0 aliphatic carbocycles. The predicted molar refractivity (Wildman–Crippen MR) is 124 cm³/mol. The van der Waals surface area contributed by atoms with E-state index in [1.807, 2.05) is 55.5 Å². The summed E-state index contributed by atoms with van der Waals surface area (Å²) in [5.41, 5.74) is 3.64. The van der Waals surface area contributed by atoms with E-state index < -0.39 is 0 Å². The molecular weight excluding hydrogens is 389 g/mol. The van der Waals surface area contributed by atoms with Crippen LogP contribution in [0.1, 0.15) is 61.6 Å². The fourth-order valence-corrected chi connectivity index (χ4v) is 3.42. The van der Waals surface area contributed by atoms with Crippen LogP contribution in [0.15, 0.2) is 72.8 Å². The second-order valence-electron chi connectivity index (χ2n) is 8.66. The van der Waals surface area contributed by atoms with Crippen molar-refractivity contribution in [2.75, 3.05) is 11.9 Å². The lowest BCUT2D eigenvalue weighted by atomic mass is 9.86. The smallest absolute Gasteiger partial charge is 0.165 e. The molecule has 1 N–H and O–H groups in total. The monoisotopic (exact) mass is 419 g/mol. The first-order valence-electron chi connectivity index (χ1n) is 10.6. The van der Waals surface area contributed by atoms with Crippen molar-refractivity contribution in [1.82, 2.24) is 0 Å². The Labute approximate surface area is 184 Å². The average molecular weight is 420 g/mol. The van der Waals surface area contributed by atoms with E-state index in [0.29, 0.717) is 12.2 Å². The summed E-state index contributed by atoms with van der Waals surface area (Å²) in [6, 6.07) is 21.5. The van der Waals surface area contributed by atoms with Gasteiger partial charge >= 0.3 is 0 Å². The standard InChI is InChI=1S/C27H30FNO2/c1-5-31-24-16-8-19(9-17-24)25(29-23-14-12-22(28)13-15-23)18-26(30)20-6-10-21(11-7-20)27(2,3)4/h6-17,25,29H,5,18H2,1-4H3. The van der Waals surface area contributed by atoms with Crippen LogP contribution in [0.4, 0.5) is 10.1 Å². The quantitative estimate of drug-likeness (QED) is 0.402. The van der Waals surface area contributed by atoms with Crippen LogP contribution in [0, 0.1) is 5.82 Å². The molecular formula is C27H30FNO2. The first-order valence-corrected chi connectivity index (χ1v) is 10.6. The van der Waals surface area contributed by atoms with Crippen LogP contribution in [-0.4, -0.2) is 12.4 Å². The maximum absolute atomic E-state index is 13.3. The van der Waals surface area contributed by atoms with Gasteiger partial charge in [0.05, 0.1) is 12.6 Å². The van der Waals surface area contributed by atoms with Crippen LogP contribution >= 0.6 is 0 Å². The zero-order valence-corrected chi connectivity index (χ0v) is 18.6. The molecule has 0 aromatic heterocycles. The molecule has 31 heavy (non-hydrogen) atoms. The van der Waals surface area contributed by atoms with E-state index >= 15 is 0 Å². The number of anilines is 1. The summed E-state index contributed by atoms with van der Waals surface area (Å²) in [6.45, 7) is 8.99. The Morgan fingerprint density at radius 2 is 1.55 bits per heavy atom. The van der Waals surface area contributed by atoms with Crippen molar-refractivity contribution in [1.29, 1.82) is 0 Å². The number of Topliss-reactive ketones (excluding diaryl/α,β-unsaturated/α-hetero) is 1. The highest BCUT2D eigenvalue weighted by Gasteiger charge is 2.19. The minimum atomic E-state index is -0.293. The lowest BCUT2D eigenvalue weighted by molar-refractivity contribution is 0.0976. The van der Waals surface area contributed by atoms with Crippen LogP contribution in [0.5, 0.6) is 5.75 Å². The van der Waals surface area contributed by atoms with Crippen molar-refractivity contribution in [3.05, 3.63) is 95.3 Å². The minimum absolute atomic E-state index is 0.0383. The first kappa shape index (κ1) is 22.5. The Hall–Kier alpha value is -3.14. The van der Waals surface area contributed by atoms with Crippen molar-refractivity contribution < 1.29 is 13.9 Å². The minimum Gasteiger partial charge on any atom is -0.494 e. The van der Waals surface area contributed by atoms with E-state index in [9.17, 15) is 9.18 Å². The molecule has 0 aliphatic rings. The number of hydrogen-bond acceptors (Lipinski definition) is 3. The van der Waals surface area contributed by atoms with Crippen molar-refractivity contribution in [2.45, 2.75) is 45.6 Å². The highest BCUT2D eigenvalue weighted by atomic mass is 19.1. The number of halogens is 1. The Balaban J connectivity index is 1.82. The van der Waals surface area contributed by atoms with Gasteiger partial charge in [-0.3, -0.25) is 4.79 Å². The lowest BCUT2D eigenvalue weighted by Gasteiger charge is -2.21. The van der Waals surface area contributed by atoms with E-state index in [2.05, 4.69) is 26.1 Å². The molecule has 0 spiro atoms. The average Bonchev–Trinajstić information content (AvgIpc) is 2.75. The van der Waals surface area contributed by atoms with Crippen molar-refractivity contribution in [2.24, 2.45) is 0 Å². The van der Waals surface area contributed by atoms with Gasteiger partial charge in [-0.25, -0.2) is 4.39 Å². The summed E-state index contributed by atoms with van der Waals surface area (Å²) in [7, 11) is 0. The van der Waals surface area contributed by atoms with E-state index in [-0.39, 0.29) is 29.5 Å². The van der Waals surface area contributed by atoms with E-state index in [1.165, 1.54) is 17.7 Å². The Kier molecular flexibility index (Phi) is 7.11. The second-order valence-corrected chi connectivity index (χ2v) is 8.66. The third-order valence-electron chi connectivity index (χ3n) is 5.24. The molecule has 1 unspecified atom stereocenters. The number of benzene rings is 3. The summed E-state index contributed by atoms with van der Waals surface area (Å²) < 4.78 is 18.8. The van der Waals surface area contributed by atoms with Gasteiger partial charge in [0.15, 0.2) is 5.78 Å². The van der Waals surface area contributed by atoms with Crippen molar-refractivity contribution in [3.63, 3.8) is 0 Å². The highest BCUT2D eigenvalue weighted by Crippen LogP contribution is 2.28. The van der Waals surface area contributed by atoms with Gasteiger partial charge in [-0.2, -0.15) is 0 Å². The number of nitrogens with one attached hydrogen (secondary N) is 1. The topological polar surface area (TPSA) is 38.3 Å². The molecule has 0 heterocycles. The van der Waals surface area contributed by atoms with E-state index in [1.54, 1.807) is 12.1 Å². The molecule has 0 amide bonds. The molecule has 3 aromatic rings. The van der Waals surface area contributed by atoms with Gasteiger partial charge in [0.25, 0.3) is 0 Å². The van der Waals surface area contributed by atoms with Gasteiger partial charge in [0.2, 0.25) is 0 Å². The van der Waals surface area contributed by atoms with Crippen LogP contribution in [-0.2, 0) is 5.41 Å². The maximum atomic E-state index is 13.3. The number of ketones is 1. The molecule has 0 radical (unpaired) electrons. The summed E-state index contributed by atoms with van der Waals surface area (Å²) in [5, 5.41) is 3.38. The molecule has 0 saturated carbocycles. The SMILES string of the molecule is CCOc1ccc(C(CC(=O)c2ccc(C(C)(C)C)cc2)Nc2ccc(F)cc2)cc1. The molecule has 162 valence electrons.